The number of esters is 1. The van der Waals surface area contributed by atoms with Crippen LogP contribution >= 0.6 is 0 Å². The van der Waals surface area contributed by atoms with E-state index in [-0.39, 0.29) is 6.61 Å². The van der Waals surface area contributed by atoms with E-state index < -0.39 is 11.9 Å². The van der Waals surface area contributed by atoms with Crippen molar-refractivity contribution >= 4 is 11.9 Å². The van der Waals surface area contributed by atoms with Crippen molar-refractivity contribution in [3.05, 3.63) is 34.9 Å². The molecule has 4 heteroatoms. The predicted molar refractivity (Wildman–Crippen MR) is 73.9 cm³/mol. The molecule has 0 N–H and O–H groups in total. The maximum Gasteiger partial charge on any atom is 0.396 e. The molecular formula is C15H21NO3. The molecule has 1 rings (SSSR count). The molecule has 0 saturated carbocycles. The molecule has 1 aromatic carbocycles. The van der Waals surface area contributed by atoms with Gasteiger partial charge in [0, 0.05) is 13.6 Å². The Kier molecular flexibility index (Phi) is 5.55. The second kappa shape index (κ2) is 6.92. The second-order valence-electron chi connectivity index (χ2n) is 4.63. The Labute approximate surface area is 114 Å². The molecule has 104 valence electrons. The summed E-state index contributed by atoms with van der Waals surface area (Å²) in [5.41, 5.74) is 3.61. The summed E-state index contributed by atoms with van der Waals surface area (Å²) in [6, 6.07) is 6.23. The smallest absolute Gasteiger partial charge is 0.396 e. The first-order valence-corrected chi connectivity index (χ1v) is 6.44. The summed E-state index contributed by atoms with van der Waals surface area (Å²) in [6.45, 7) is 6.50. The van der Waals surface area contributed by atoms with Crippen LogP contribution in [0, 0.1) is 13.8 Å². The molecule has 0 bridgehead atoms. The molecule has 0 fully saturated rings. The highest BCUT2D eigenvalue weighted by Crippen LogP contribution is 2.11. The Morgan fingerprint density at radius 2 is 1.95 bits per heavy atom. The van der Waals surface area contributed by atoms with Crippen molar-refractivity contribution in [1.82, 2.24) is 4.90 Å². The lowest BCUT2D eigenvalue weighted by molar-refractivity contribution is -0.159. The summed E-state index contributed by atoms with van der Waals surface area (Å²) in [5, 5.41) is 0. The van der Waals surface area contributed by atoms with Gasteiger partial charge in [-0.25, -0.2) is 4.79 Å². The summed E-state index contributed by atoms with van der Waals surface area (Å²) in [6.07, 6.45) is 0.730. The Morgan fingerprint density at radius 1 is 1.26 bits per heavy atom. The van der Waals surface area contributed by atoms with Gasteiger partial charge in [-0.1, -0.05) is 23.8 Å². The van der Waals surface area contributed by atoms with Crippen LogP contribution in [0.1, 0.15) is 23.6 Å². The Morgan fingerprint density at radius 3 is 2.53 bits per heavy atom. The fraction of sp³-hybridized carbons (Fsp3) is 0.467. The summed E-state index contributed by atoms with van der Waals surface area (Å²) < 4.78 is 4.69. The van der Waals surface area contributed by atoms with Crippen molar-refractivity contribution in [3.8, 4) is 0 Å². The molecule has 0 heterocycles. The van der Waals surface area contributed by atoms with Gasteiger partial charge in [-0.3, -0.25) is 4.79 Å². The summed E-state index contributed by atoms with van der Waals surface area (Å²) >= 11 is 0. The molecule has 0 saturated heterocycles. The SMILES string of the molecule is CCOC(=O)C(=O)N(C)CCc1ccc(C)cc1C. The van der Waals surface area contributed by atoms with Gasteiger partial charge in [0.1, 0.15) is 0 Å². The van der Waals surface area contributed by atoms with Crippen LogP contribution in [-0.2, 0) is 20.7 Å². The summed E-state index contributed by atoms with van der Waals surface area (Å²) in [4.78, 5) is 24.3. The number of benzene rings is 1. The highest BCUT2D eigenvalue weighted by molar-refractivity contribution is 6.32. The minimum Gasteiger partial charge on any atom is -0.459 e. The van der Waals surface area contributed by atoms with Crippen molar-refractivity contribution in [2.75, 3.05) is 20.2 Å². The number of hydrogen-bond acceptors (Lipinski definition) is 3. The van der Waals surface area contributed by atoms with Crippen LogP contribution in [0.25, 0.3) is 0 Å². The third-order valence-electron chi connectivity index (χ3n) is 3.01. The van der Waals surface area contributed by atoms with Crippen LogP contribution in [0.2, 0.25) is 0 Å². The van der Waals surface area contributed by atoms with Gasteiger partial charge in [0.25, 0.3) is 0 Å². The molecule has 0 aliphatic heterocycles. The normalized spacial score (nSPS) is 10.1. The van der Waals surface area contributed by atoms with Gasteiger partial charge in [0.2, 0.25) is 0 Å². The number of rotatable bonds is 4. The summed E-state index contributed by atoms with van der Waals surface area (Å²) in [7, 11) is 1.61. The number of amides is 1. The van der Waals surface area contributed by atoms with Gasteiger partial charge in [-0.2, -0.15) is 0 Å². The Bertz CT molecular complexity index is 468. The monoisotopic (exact) mass is 263 g/mol. The molecule has 0 atom stereocenters. The number of likely N-dealkylation sites (N-methyl/N-ethyl adjacent to an activating group) is 1. The van der Waals surface area contributed by atoms with Crippen LogP contribution in [0.3, 0.4) is 0 Å². The van der Waals surface area contributed by atoms with Crippen molar-refractivity contribution in [1.29, 1.82) is 0 Å². The largest absolute Gasteiger partial charge is 0.459 e. The second-order valence-corrected chi connectivity index (χ2v) is 4.63. The van der Waals surface area contributed by atoms with E-state index in [9.17, 15) is 9.59 Å². The zero-order chi connectivity index (χ0) is 14.4. The van der Waals surface area contributed by atoms with E-state index in [1.165, 1.54) is 21.6 Å². The van der Waals surface area contributed by atoms with Crippen LogP contribution in [0.5, 0.6) is 0 Å². The maximum absolute atomic E-state index is 11.6. The lowest BCUT2D eigenvalue weighted by Gasteiger charge is -2.16. The molecule has 0 spiro atoms. The zero-order valence-electron chi connectivity index (χ0n) is 12.0. The quantitative estimate of drug-likeness (QED) is 0.615. The van der Waals surface area contributed by atoms with E-state index in [2.05, 4.69) is 29.9 Å². The van der Waals surface area contributed by atoms with Crippen molar-refractivity contribution < 1.29 is 14.3 Å². The van der Waals surface area contributed by atoms with Gasteiger partial charge in [0.15, 0.2) is 0 Å². The number of hydrogen-bond donors (Lipinski definition) is 0. The molecule has 1 amide bonds. The minimum absolute atomic E-state index is 0.218. The first-order valence-electron chi connectivity index (χ1n) is 6.44. The van der Waals surface area contributed by atoms with E-state index in [4.69, 9.17) is 0 Å². The molecule has 19 heavy (non-hydrogen) atoms. The average Bonchev–Trinajstić information content (AvgIpc) is 2.36. The number of aryl methyl sites for hydroxylation is 2. The van der Waals surface area contributed by atoms with E-state index in [0.29, 0.717) is 6.54 Å². The number of carbonyl (C=O) groups is 2. The fourth-order valence-corrected chi connectivity index (χ4v) is 1.86. The van der Waals surface area contributed by atoms with E-state index in [0.717, 1.165) is 6.42 Å². The molecule has 0 aliphatic rings. The van der Waals surface area contributed by atoms with Gasteiger partial charge >= 0.3 is 11.9 Å². The highest BCUT2D eigenvalue weighted by atomic mass is 16.5. The Hall–Kier alpha value is -1.84. The van der Waals surface area contributed by atoms with Gasteiger partial charge in [-0.05, 0) is 38.3 Å². The molecule has 0 aliphatic carbocycles. The molecule has 4 nitrogen and oxygen atoms in total. The van der Waals surface area contributed by atoms with Crippen molar-refractivity contribution in [3.63, 3.8) is 0 Å². The molecule has 0 unspecified atom stereocenters. The van der Waals surface area contributed by atoms with Crippen LogP contribution < -0.4 is 0 Å². The van der Waals surface area contributed by atoms with Crippen LogP contribution in [-0.4, -0.2) is 37.0 Å². The topological polar surface area (TPSA) is 46.6 Å². The number of nitrogens with zero attached hydrogens (tertiary/aromatic N) is 1. The molecule has 0 radical (unpaired) electrons. The molecule has 0 aromatic heterocycles. The van der Waals surface area contributed by atoms with Crippen LogP contribution in [0.4, 0.5) is 0 Å². The minimum atomic E-state index is -0.786. The van der Waals surface area contributed by atoms with E-state index in [1.807, 2.05) is 6.92 Å². The molecule has 1 aromatic rings. The predicted octanol–water partition coefficient (Wildman–Crippen LogP) is 1.87. The van der Waals surface area contributed by atoms with E-state index in [1.54, 1.807) is 14.0 Å². The lowest BCUT2D eigenvalue weighted by atomic mass is 10.0. The standard InChI is InChI=1S/C15H21NO3/c1-5-19-15(18)14(17)16(4)9-8-13-7-6-11(2)10-12(13)3/h6-7,10H,5,8-9H2,1-4H3. The number of ether oxygens (including phenoxy) is 1. The van der Waals surface area contributed by atoms with Crippen LogP contribution in [0.15, 0.2) is 18.2 Å². The highest BCUT2D eigenvalue weighted by Gasteiger charge is 2.19. The lowest BCUT2D eigenvalue weighted by Crippen LogP contribution is -2.36. The Balaban J connectivity index is 2.56. The van der Waals surface area contributed by atoms with Gasteiger partial charge in [-0.15, -0.1) is 0 Å². The molecular weight excluding hydrogens is 242 g/mol. The van der Waals surface area contributed by atoms with Gasteiger partial charge in [0.05, 0.1) is 6.61 Å². The third kappa shape index (κ3) is 4.39. The van der Waals surface area contributed by atoms with Gasteiger partial charge < -0.3 is 9.64 Å². The average molecular weight is 263 g/mol. The first kappa shape index (κ1) is 15.2. The first-order chi connectivity index (χ1) is 8.95. The number of carbonyl (C=O) groups excluding carboxylic acids is 2. The van der Waals surface area contributed by atoms with Crippen molar-refractivity contribution in [2.24, 2.45) is 0 Å². The zero-order valence-corrected chi connectivity index (χ0v) is 12.0. The summed E-state index contributed by atoms with van der Waals surface area (Å²) in [5.74, 6) is -1.38. The van der Waals surface area contributed by atoms with Crippen molar-refractivity contribution in [2.45, 2.75) is 27.2 Å². The fourth-order valence-electron chi connectivity index (χ4n) is 1.86. The maximum atomic E-state index is 11.6. The third-order valence-corrected chi connectivity index (χ3v) is 3.01. The van der Waals surface area contributed by atoms with E-state index >= 15 is 0 Å².